The van der Waals surface area contributed by atoms with Crippen molar-refractivity contribution in [2.75, 3.05) is 0 Å². The third-order valence-electron chi connectivity index (χ3n) is 1.50. The lowest BCUT2D eigenvalue weighted by molar-refractivity contribution is 0.146. The van der Waals surface area contributed by atoms with E-state index in [4.69, 9.17) is 0 Å². The quantitative estimate of drug-likeness (QED) is 0.749. The Balaban J connectivity index is 2.38. The Morgan fingerprint density at radius 3 is 2.64 bits per heavy atom. The van der Waals surface area contributed by atoms with Crippen LogP contribution in [0, 0.1) is 0 Å². The van der Waals surface area contributed by atoms with Gasteiger partial charge >= 0.3 is 5.76 Å². The Bertz CT molecular complexity index is 486. The van der Waals surface area contributed by atoms with E-state index in [1.165, 1.54) is 0 Å². The molecule has 0 unspecified atom stereocenters. The summed E-state index contributed by atoms with van der Waals surface area (Å²) in [6, 6.07) is 0. The number of aromatic nitrogens is 4. The smallest absolute Gasteiger partial charge is 0.334 e. The molecular weight excluding hydrogens is 198 g/mol. The molecule has 0 amide bonds. The lowest BCUT2D eigenvalue weighted by Gasteiger charge is -1.90. The van der Waals surface area contributed by atoms with Crippen molar-refractivity contribution in [2.24, 2.45) is 0 Å². The molecule has 0 aliphatic heterocycles. The normalized spacial score (nSPS) is 11.1. The van der Waals surface area contributed by atoms with Crippen molar-refractivity contribution in [1.82, 2.24) is 20.1 Å². The lowest BCUT2D eigenvalue weighted by Crippen LogP contribution is -1.95. The molecule has 74 valence electrons. The van der Waals surface area contributed by atoms with Gasteiger partial charge in [-0.15, -0.1) is 0 Å². The van der Waals surface area contributed by atoms with Crippen molar-refractivity contribution >= 4 is 0 Å². The number of nitrogens with one attached hydrogen (secondary N) is 2. The molecule has 0 bridgehead atoms. The highest BCUT2D eigenvalue weighted by Crippen LogP contribution is 2.18. The Kier molecular flexibility index (Phi) is 1.88. The molecule has 0 aliphatic carbocycles. The van der Waals surface area contributed by atoms with E-state index in [1.807, 2.05) is 0 Å². The van der Waals surface area contributed by atoms with E-state index in [2.05, 4.69) is 24.6 Å². The third kappa shape index (κ3) is 1.41. The molecule has 0 saturated carbocycles. The predicted molar refractivity (Wildman–Crippen MR) is 39.7 cm³/mol. The highest BCUT2D eigenvalue weighted by Gasteiger charge is 2.13. The lowest BCUT2D eigenvalue weighted by atomic mass is 10.5. The van der Waals surface area contributed by atoms with Gasteiger partial charge in [0.2, 0.25) is 5.82 Å². The molecule has 0 saturated heterocycles. The Morgan fingerprint density at radius 1 is 1.36 bits per heavy atom. The summed E-state index contributed by atoms with van der Waals surface area (Å²) in [7, 11) is 0. The molecular formula is C6H4F2N4O2. The molecule has 6 nitrogen and oxygen atoms in total. The first-order valence-corrected chi connectivity index (χ1v) is 3.56. The van der Waals surface area contributed by atoms with Gasteiger partial charge in [0, 0.05) is 0 Å². The van der Waals surface area contributed by atoms with Crippen molar-refractivity contribution < 1.29 is 13.3 Å². The average molecular weight is 202 g/mol. The Labute approximate surface area is 75.0 Å². The van der Waals surface area contributed by atoms with E-state index in [0.29, 0.717) is 0 Å². The molecule has 8 heteroatoms. The number of hydrogen-bond acceptors (Lipinski definition) is 4. The summed E-state index contributed by atoms with van der Waals surface area (Å²) < 4.78 is 28.4. The second kappa shape index (κ2) is 3.05. The minimum absolute atomic E-state index is 0.0121. The summed E-state index contributed by atoms with van der Waals surface area (Å²) in [5.41, 5.74) is -0.344. The van der Waals surface area contributed by atoms with E-state index >= 15 is 0 Å². The molecule has 2 aromatic heterocycles. The average Bonchev–Trinajstić information content (AvgIpc) is 2.70. The van der Waals surface area contributed by atoms with Crippen LogP contribution >= 0.6 is 0 Å². The first-order valence-electron chi connectivity index (χ1n) is 3.56. The van der Waals surface area contributed by atoms with Crippen LogP contribution in [-0.2, 0) is 0 Å². The van der Waals surface area contributed by atoms with Crippen LogP contribution in [0.5, 0.6) is 0 Å². The summed E-state index contributed by atoms with van der Waals surface area (Å²) in [6.45, 7) is 0. The third-order valence-corrected chi connectivity index (χ3v) is 1.50. The highest BCUT2D eigenvalue weighted by atomic mass is 19.3. The molecule has 0 aliphatic rings. The van der Waals surface area contributed by atoms with E-state index in [-0.39, 0.29) is 17.3 Å². The van der Waals surface area contributed by atoms with Gasteiger partial charge in [0.15, 0.2) is 5.82 Å². The number of H-pyrrole nitrogens is 2. The van der Waals surface area contributed by atoms with Crippen LogP contribution in [0.2, 0.25) is 0 Å². The molecule has 0 atom stereocenters. The van der Waals surface area contributed by atoms with E-state index < -0.39 is 12.2 Å². The standard InChI is InChI=1S/C6H4F2N4O2/c7-3(8)2-1-9-4(10-2)5-11-6(13)14-12-5/h1,3H,(H,9,10)(H,11,12,13). The number of imidazole rings is 1. The molecule has 2 N–H and O–H groups in total. The molecule has 0 aromatic carbocycles. The van der Waals surface area contributed by atoms with Gasteiger partial charge in [-0.3, -0.25) is 9.51 Å². The van der Waals surface area contributed by atoms with Gasteiger partial charge in [0.1, 0.15) is 5.69 Å². The summed E-state index contributed by atoms with van der Waals surface area (Å²) in [4.78, 5) is 18.6. The second-order valence-electron chi connectivity index (χ2n) is 2.43. The summed E-state index contributed by atoms with van der Waals surface area (Å²) in [5.74, 6) is -0.747. The van der Waals surface area contributed by atoms with Crippen LogP contribution in [0.25, 0.3) is 11.6 Å². The van der Waals surface area contributed by atoms with Gasteiger partial charge in [-0.1, -0.05) is 5.16 Å². The Hall–Kier alpha value is -1.99. The number of nitrogens with zero attached hydrogens (tertiary/aromatic N) is 2. The van der Waals surface area contributed by atoms with Gasteiger partial charge in [0.25, 0.3) is 6.43 Å². The molecule has 0 fully saturated rings. The maximum Gasteiger partial charge on any atom is 0.439 e. The maximum absolute atomic E-state index is 12.1. The van der Waals surface area contributed by atoms with Crippen molar-refractivity contribution in [1.29, 1.82) is 0 Å². The Morgan fingerprint density at radius 2 is 2.14 bits per heavy atom. The minimum Gasteiger partial charge on any atom is -0.334 e. The van der Waals surface area contributed by atoms with Gasteiger partial charge in [-0.2, -0.15) is 0 Å². The summed E-state index contributed by atoms with van der Waals surface area (Å²) in [5, 5.41) is 3.28. The van der Waals surface area contributed by atoms with Gasteiger partial charge in [-0.05, 0) is 0 Å². The molecule has 14 heavy (non-hydrogen) atoms. The number of hydrogen-bond donors (Lipinski definition) is 2. The van der Waals surface area contributed by atoms with Crippen LogP contribution in [0.4, 0.5) is 8.78 Å². The second-order valence-corrected chi connectivity index (χ2v) is 2.43. The van der Waals surface area contributed by atoms with Crippen LogP contribution < -0.4 is 5.76 Å². The fourth-order valence-corrected chi connectivity index (χ4v) is 0.898. The fraction of sp³-hybridized carbons (Fsp3) is 0.167. The fourth-order valence-electron chi connectivity index (χ4n) is 0.898. The van der Waals surface area contributed by atoms with E-state index in [9.17, 15) is 13.6 Å². The monoisotopic (exact) mass is 202 g/mol. The maximum atomic E-state index is 12.1. The summed E-state index contributed by atoms with van der Waals surface area (Å²) in [6.07, 6.45) is -1.68. The number of rotatable bonds is 2. The molecule has 0 radical (unpaired) electrons. The molecule has 0 spiro atoms. The van der Waals surface area contributed by atoms with Crippen LogP contribution in [0.15, 0.2) is 15.5 Å². The van der Waals surface area contributed by atoms with Crippen LogP contribution in [0.3, 0.4) is 0 Å². The van der Waals surface area contributed by atoms with Gasteiger partial charge in [0.05, 0.1) is 6.20 Å². The van der Waals surface area contributed by atoms with Crippen molar-refractivity contribution in [2.45, 2.75) is 6.43 Å². The van der Waals surface area contributed by atoms with Crippen molar-refractivity contribution in [3.63, 3.8) is 0 Å². The zero-order valence-corrected chi connectivity index (χ0v) is 6.62. The highest BCUT2D eigenvalue weighted by molar-refractivity contribution is 5.41. The summed E-state index contributed by atoms with van der Waals surface area (Å²) >= 11 is 0. The zero-order chi connectivity index (χ0) is 10.1. The first-order chi connectivity index (χ1) is 6.66. The molecule has 2 heterocycles. The topological polar surface area (TPSA) is 87.6 Å². The predicted octanol–water partition coefficient (Wildman–Crippen LogP) is 0.691. The van der Waals surface area contributed by atoms with Crippen molar-refractivity contribution in [3.05, 3.63) is 22.4 Å². The van der Waals surface area contributed by atoms with E-state index in [0.717, 1.165) is 6.20 Å². The van der Waals surface area contributed by atoms with Crippen LogP contribution in [0.1, 0.15) is 12.1 Å². The molecule has 2 aromatic rings. The zero-order valence-electron chi connectivity index (χ0n) is 6.62. The number of aromatic amines is 2. The van der Waals surface area contributed by atoms with Crippen LogP contribution in [-0.4, -0.2) is 20.1 Å². The van der Waals surface area contributed by atoms with E-state index in [1.54, 1.807) is 0 Å². The first kappa shape index (κ1) is 8.60. The molecule has 2 rings (SSSR count). The minimum atomic E-state index is -2.64. The van der Waals surface area contributed by atoms with Gasteiger partial charge in [-0.25, -0.2) is 18.6 Å². The van der Waals surface area contributed by atoms with Crippen molar-refractivity contribution in [3.8, 4) is 11.6 Å². The number of alkyl halides is 2. The SMILES string of the molecule is O=c1[nH]c(-c2ncc(C(F)F)[nH]2)no1. The number of halogens is 2. The van der Waals surface area contributed by atoms with Gasteiger partial charge < -0.3 is 4.98 Å². The largest absolute Gasteiger partial charge is 0.439 e.